The molecule has 0 spiro atoms. The highest BCUT2D eigenvalue weighted by Crippen LogP contribution is 2.34. The van der Waals surface area contributed by atoms with Crippen molar-refractivity contribution < 1.29 is 27.0 Å². The summed E-state index contributed by atoms with van der Waals surface area (Å²) in [5, 5.41) is 0.221. The summed E-state index contributed by atoms with van der Waals surface area (Å²) in [6.45, 7) is 3.96. The molecule has 1 N–H and O–H groups in total. The summed E-state index contributed by atoms with van der Waals surface area (Å²) in [6, 6.07) is 1.36. The van der Waals surface area contributed by atoms with Gasteiger partial charge in [0.25, 0.3) is 10.1 Å². The second-order valence-electron chi connectivity index (χ2n) is 3.70. The molecule has 0 atom stereocenters. The third-order valence-electron chi connectivity index (χ3n) is 2.28. The van der Waals surface area contributed by atoms with Crippen LogP contribution >= 0.6 is 20.1 Å². The number of hydrogen-bond donors (Lipinski definition) is 1. The van der Waals surface area contributed by atoms with Gasteiger partial charge in [-0.05, 0) is 13.8 Å². The fourth-order valence-electron chi connectivity index (χ4n) is 1.60. The molecule has 1 aromatic carbocycles. The maximum absolute atomic E-state index is 11.3. The number of rotatable bonds is 7. The Hall–Kier alpha value is -0.880. The minimum Gasteiger partial charge on any atom is -0.493 e. The van der Waals surface area contributed by atoms with Crippen molar-refractivity contribution in [1.82, 2.24) is 0 Å². The lowest BCUT2D eigenvalue weighted by molar-refractivity contribution is 0.326. The van der Waals surface area contributed by atoms with E-state index >= 15 is 0 Å². The molecule has 0 unspecified atom stereocenters. The smallest absolute Gasteiger partial charge is 0.269 e. The average molecular weight is 341 g/mol. The van der Waals surface area contributed by atoms with Gasteiger partial charge in [-0.3, -0.25) is 9.12 Å². The van der Waals surface area contributed by atoms with Crippen LogP contribution in [0.15, 0.2) is 6.07 Å². The Morgan fingerprint density at radius 1 is 1.30 bits per heavy atom. The second-order valence-corrected chi connectivity index (χ2v) is 6.19. The third kappa shape index (κ3) is 4.31. The molecule has 9 heteroatoms. The predicted molar refractivity (Wildman–Crippen MR) is 76.3 cm³/mol. The van der Waals surface area contributed by atoms with Gasteiger partial charge in [0.15, 0.2) is 8.46 Å². The summed E-state index contributed by atoms with van der Waals surface area (Å²) in [5.41, 5.74) is 0.0535. The molecule has 1 rings (SSSR count). The number of benzene rings is 1. The maximum Gasteiger partial charge on any atom is 0.269 e. The Bertz CT molecular complexity index is 601. The first-order valence-electron chi connectivity index (χ1n) is 5.73. The van der Waals surface area contributed by atoms with Crippen LogP contribution in [-0.4, -0.2) is 26.2 Å². The number of halogens is 1. The lowest BCUT2D eigenvalue weighted by atomic mass is 10.2. The molecule has 0 amide bonds. The normalized spacial score (nSPS) is 11.6. The highest BCUT2D eigenvalue weighted by Gasteiger charge is 2.23. The first-order valence-corrected chi connectivity index (χ1v) is 8.53. The lowest BCUT2D eigenvalue weighted by Gasteiger charge is -2.16. The Morgan fingerprint density at radius 3 is 2.35 bits per heavy atom. The Morgan fingerprint density at radius 2 is 1.90 bits per heavy atom. The zero-order valence-corrected chi connectivity index (χ0v) is 13.4. The van der Waals surface area contributed by atoms with Crippen LogP contribution < -0.4 is 14.8 Å². The van der Waals surface area contributed by atoms with Crippen LogP contribution in [0.4, 0.5) is 0 Å². The van der Waals surface area contributed by atoms with E-state index in [1.165, 1.54) is 6.07 Å². The van der Waals surface area contributed by atoms with E-state index < -0.39 is 24.3 Å². The average Bonchev–Trinajstić information content (AvgIpc) is 2.33. The van der Waals surface area contributed by atoms with Gasteiger partial charge in [0, 0.05) is 11.6 Å². The molecule has 0 aromatic heterocycles. The monoisotopic (exact) mass is 340 g/mol. The fourth-order valence-corrected chi connectivity index (χ4v) is 3.09. The fraction of sp³-hybridized carbons (Fsp3) is 0.455. The van der Waals surface area contributed by atoms with Crippen molar-refractivity contribution in [2.24, 2.45) is 0 Å². The first-order chi connectivity index (χ1) is 9.34. The standard InChI is InChI=1S/C11H14ClO6PS/c1-3-17-9-5-8(12)7(6-20(14,15)16)10(18-4-2)11(9)19-13/h5H,3-4,6H2,1-2H3,(H,14,15,16). The molecular weight excluding hydrogens is 327 g/mol. The molecule has 0 fully saturated rings. The molecule has 0 saturated carbocycles. The Balaban J connectivity index is 3.53. The summed E-state index contributed by atoms with van der Waals surface area (Å²) >= 11 is 6.00. The van der Waals surface area contributed by atoms with Gasteiger partial charge >= 0.3 is 0 Å². The quantitative estimate of drug-likeness (QED) is 0.605. The zero-order chi connectivity index (χ0) is 15.3. The van der Waals surface area contributed by atoms with E-state index in [0.29, 0.717) is 6.61 Å². The summed E-state index contributed by atoms with van der Waals surface area (Å²) in [4.78, 5) is 0. The van der Waals surface area contributed by atoms with Crippen molar-refractivity contribution in [1.29, 1.82) is 0 Å². The van der Waals surface area contributed by atoms with E-state index in [9.17, 15) is 13.0 Å². The molecule has 0 heterocycles. The Kier molecular flexibility index (Phi) is 6.20. The molecule has 0 bridgehead atoms. The minimum absolute atomic E-state index is 0.0535. The van der Waals surface area contributed by atoms with E-state index in [-0.39, 0.29) is 34.0 Å². The van der Waals surface area contributed by atoms with Crippen LogP contribution in [0.3, 0.4) is 0 Å². The van der Waals surface area contributed by atoms with Crippen LogP contribution in [0.25, 0.3) is 0 Å². The molecular formula is C11H14ClO6PS. The van der Waals surface area contributed by atoms with Crippen molar-refractivity contribution in [2.75, 3.05) is 13.2 Å². The van der Waals surface area contributed by atoms with Gasteiger partial charge in [-0.25, -0.2) is 0 Å². The second kappa shape index (κ2) is 7.22. The third-order valence-corrected chi connectivity index (χ3v) is 3.87. The summed E-state index contributed by atoms with van der Waals surface area (Å²) in [5.74, 6) is -0.426. The van der Waals surface area contributed by atoms with E-state index in [4.69, 9.17) is 25.6 Å². The van der Waals surface area contributed by atoms with Crippen molar-refractivity contribution in [3.8, 4) is 11.5 Å². The van der Waals surface area contributed by atoms with Crippen LogP contribution in [-0.2, 0) is 20.4 Å². The largest absolute Gasteiger partial charge is 0.493 e. The van der Waals surface area contributed by atoms with Crippen molar-refractivity contribution in [3.05, 3.63) is 16.7 Å². The number of ether oxygens (including phenoxy) is 2. The molecule has 0 radical (unpaired) electrons. The van der Waals surface area contributed by atoms with E-state index in [2.05, 4.69) is 0 Å². The molecule has 0 saturated heterocycles. The molecule has 0 aliphatic carbocycles. The van der Waals surface area contributed by atoms with Crippen molar-refractivity contribution >= 4 is 35.5 Å². The van der Waals surface area contributed by atoms with Crippen molar-refractivity contribution in [3.63, 3.8) is 0 Å². The molecule has 112 valence electrons. The highest BCUT2D eigenvalue weighted by molar-refractivity contribution is 7.85. The molecule has 6 nitrogen and oxygen atoms in total. The summed E-state index contributed by atoms with van der Waals surface area (Å²) in [7, 11) is -4.70. The lowest BCUT2D eigenvalue weighted by Crippen LogP contribution is -2.14. The van der Waals surface area contributed by atoms with E-state index in [0.717, 1.165) is 0 Å². The van der Waals surface area contributed by atoms with Gasteiger partial charge in [-0.15, -0.1) is 0 Å². The van der Waals surface area contributed by atoms with Gasteiger partial charge in [0.1, 0.15) is 22.6 Å². The minimum atomic E-state index is -4.30. The van der Waals surface area contributed by atoms with Gasteiger partial charge in [0.05, 0.1) is 18.2 Å². The number of hydrogen-bond acceptors (Lipinski definition) is 5. The van der Waals surface area contributed by atoms with E-state index in [1.807, 2.05) is 0 Å². The molecule has 0 aliphatic rings. The van der Waals surface area contributed by atoms with Crippen LogP contribution in [0.5, 0.6) is 11.5 Å². The summed E-state index contributed by atoms with van der Waals surface area (Å²) < 4.78 is 53.0. The molecule has 0 aliphatic heterocycles. The Labute approximate surface area is 124 Å². The SMILES string of the molecule is CCOc1cc(Cl)c(CS(=O)(=O)O)c(OCC)c1P=O. The van der Waals surface area contributed by atoms with Gasteiger partial charge in [0.2, 0.25) is 0 Å². The van der Waals surface area contributed by atoms with Crippen molar-refractivity contribution in [2.45, 2.75) is 19.6 Å². The molecule has 1 aromatic rings. The van der Waals surface area contributed by atoms with Crippen LogP contribution in [0.2, 0.25) is 5.02 Å². The van der Waals surface area contributed by atoms with E-state index in [1.54, 1.807) is 13.8 Å². The van der Waals surface area contributed by atoms with Crippen LogP contribution in [0.1, 0.15) is 19.4 Å². The molecule has 20 heavy (non-hydrogen) atoms. The maximum atomic E-state index is 11.3. The predicted octanol–water partition coefficient (Wildman–Crippen LogP) is 2.44. The van der Waals surface area contributed by atoms with Gasteiger partial charge in [-0.2, -0.15) is 8.42 Å². The van der Waals surface area contributed by atoms with Gasteiger partial charge < -0.3 is 9.47 Å². The highest BCUT2D eigenvalue weighted by atomic mass is 35.5. The van der Waals surface area contributed by atoms with Crippen LogP contribution in [0, 0.1) is 0 Å². The summed E-state index contributed by atoms with van der Waals surface area (Å²) in [6.07, 6.45) is 0. The zero-order valence-electron chi connectivity index (χ0n) is 10.9. The first kappa shape index (κ1) is 17.2. The van der Waals surface area contributed by atoms with Gasteiger partial charge in [-0.1, -0.05) is 11.6 Å². The topological polar surface area (TPSA) is 89.9 Å².